The van der Waals surface area contributed by atoms with Gasteiger partial charge in [0, 0.05) is 19.1 Å². The van der Waals surface area contributed by atoms with Crippen molar-refractivity contribution in [2.24, 2.45) is 5.92 Å². The molecule has 0 saturated carbocycles. The van der Waals surface area contributed by atoms with Crippen LogP contribution >= 0.6 is 0 Å². The summed E-state index contributed by atoms with van der Waals surface area (Å²) in [5.41, 5.74) is 0. The summed E-state index contributed by atoms with van der Waals surface area (Å²) >= 11 is 0. The van der Waals surface area contributed by atoms with Gasteiger partial charge in [-0.2, -0.15) is 0 Å². The van der Waals surface area contributed by atoms with E-state index in [1.165, 1.54) is 6.92 Å². The summed E-state index contributed by atoms with van der Waals surface area (Å²) in [4.78, 5) is 10.7. The van der Waals surface area contributed by atoms with Crippen molar-refractivity contribution in [2.75, 3.05) is 13.2 Å². The molecule has 17 heavy (non-hydrogen) atoms. The van der Waals surface area contributed by atoms with Crippen LogP contribution in [0.25, 0.3) is 0 Å². The third-order valence-electron chi connectivity index (χ3n) is 2.54. The molecule has 1 amide bonds. The molecular weight excluding hydrogens is 248 g/mol. The van der Waals surface area contributed by atoms with Crippen LogP contribution in [0.2, 0.25) is 0 Å². The van der Waals surface area contributed by atoms with Crippen LogP contribution in [0.15, 0.2) is 0 Å². The van der Waals surface area contributed by atoms with Crippen LogP contribution in [0, 0.1) is 5.92 Å². The smallest absolute Gasteiger partial charge is 0.853 e. The van der Waals surface area contributed by atoms with Gasteiger partial charge >= 0.3 is 59.1 Å². The number of rotatable bonds is 2. The molecule has 1 rings (SSSR count). The van der Waals surface area contributed by atoms with E-state index in [0.717, 1.165) is 0 Å². The van der Waals surface area contributed by atoms with E-state index in [1.807, 2.05) is 0 Å². The zero-order valence-electron chi connectivity index (χ0n) is 10.9. The Balaban J connectivity index is -0.000000653. The zero-order valence-corrected chi connectivity index (χ0v) is 14.9. The fraction of sp³-hybridized carbons (Fsp3) is 0.889. The first-order chi connectivity index (χ1) is 6.56. The van der Waals surface area contributed by atoms with E-state index in [-0.39, 0.29) is 83.0 Å². The number of nitrogens with one attached hydrogen (secondary N) is 1. The van der Waals surface area contributed by atoms with Gasteiger partial charge in [-0.25, -0.2) is 0 Å². The molecule has 6 nitrogen and oxygen atoms in total. The molecule has 0 aromatic carbocycles. The van der Waals surface area contributed by atoms with Crippen molar-refractivity contribution in [3.63, 3.8) is 0 Å². The molecule has 1 saturated heterocycles. The first-order valence-electron chi connectivity index (χ1n) is 4.69. The van der Waals surface area contributed by atoms with E-state index < -0.39 is 24.9 Å². The summed E-state index contributed by atoms with van der Waals surface area (Å²) in [6.07, 6.45) is -1.46. The zero-order chi connectivity index (χ0) is 10.7. The quantitative estimate of drug-likeness (QED) is 0.499. The summed E-state index contributed by atoms with van der Waals surface area (Å²) in [5.74, 6) is -0.592. The van der Waals surface area contributed by atoms with Crippen LogP contribution in [0.5, 0.6) is 0 Å². The number of hydrogen-bond acceptors (Lipinski definition) is 4. The van der Waals surface area contributed by atoms with Crippen molar-refractivity contribution in [1.29, 1.82) is 0 Å². The summed E-state index contributed by atoms with van der Waals surface area (Å²) in [6, 6.07) is -0.509. The number of carbonyl (C=O) groups is 1. The van der Waals surface area contributed by atoms with Gasteiger partial charge < -0.3 is 25.7 Å². The van der Waals surface area contributed by atoms with Crippen molar-refractivity contribution in [1.82, 2.24) is 5.32 Å². The maximum atomic E-state index is 11.7. The van der Waals surface area contributed by atoms with Gasteiger partial charge in [0.25, 0.3) is 0 Å². The minimum Gasteiger partial charge on any atom is -0.853 e. The molecule has 4 atom stereocenters. The van der Waals surface area contributed by atoms with Gasteiger partial charge in [0.15, 0.2) is 0 Å². The fourth-order valence-electron chi connectivity index (χ4n) is 1.64. The Morgan fingerprint density at radius 1 is 1.47 bits per heavy atom. The van der Waals surface area contributed by atoms with Gasteiger partial charge in [-0.15, -0.1) is 6.61 Å². The maximum absolute atomic E-state index is 11.7. The van der Waals surface area contributed by atoms with Crippen molar-refractivity contribution in [3.8, 4) is 0 Å². The number of carbonyl (C=O) groups excluding carboxylic acids is 1. The van der Waals surface area contributed by atoms with Gasteiger partial charge in [-0.1, -0.05) is 13.0 Å². The number of amides is 1. The monoisotopic (exact) mass is 265 g/mol. The Bertz CT molecular complexity index is 220. The number of hydrogen-bond donors (Lipinski definition) is 1. The van der Waals surface area contributed by atoms with Crippen molar-refractivity contribution in [3.05, 3.63) is 0 Å². The Morgan fingerprint density at radius 2 is 2.00 bits per heavy atom. The molecular formula is C9H17NNa2O5. The van der Waals surface area contributed by atoms with Crippen LogP contribution in [0.1, 0.15) is 13.8 Å². The normalized spacial score (nSPS) is 31.3. The first-order valence-corrected chi connectivity index (χ1v) is 4.69. The van der Waals surface area contributed by atoms with E-state index in [4.69, 9.17) is 4.74 Å². The summed E-state index contributed by atoms with van der Waals surface area (Å²) in [7, 11) is 0. The summed E-state index contributed by atoms with van der Waals surface area (Å²) < 4.78 is 5.20. The predicted octanol–water partition coefficient (Wildman–Crippen LogP) is -9.20. The molecule has 0 aromatic heterocycles. The molecule has 1 heterocycles. The molecule has 1 fully saturated rings. The van der Waals surface area contributed by atoms with Crippen molar-refractivity contribution in [2.45, 2.75) is 32.1 Å². The SMILES string of the molecule is CC(=O)NC1COC(C[O-])[C@@H](C)[C@H]1[O-].O.[Na+].[Na+]. The van der Waals surface area contributed by atoms with Gasteiger partial charge in [0.1, 0.15) is 0 Å². The molecule has 8 heteroatoms. The second kappa shape index (κ2) is 11.2. The minimum absolute atomic E-state index is 0. The molecule has 0 spiro atoms. The second-order valence-electron chi connectivity index (χ2n) is 3.67. The number of ether oxygens (including phenoxy) is 1. The molecule has 0 radical (unpaired) electrons. The maximum Gasteiger partial charge on any atom is 1.00 e. The molecule has 3 N–H and O–H groups in total. The van der Waals surface area contributed by atoms with Gasteiger partial charge in [0.05, 0.1) is 6.61 Å². The van der Waals surface area contributed by atoms with E-state index in [9.17, 15) is 15.0 Å². The third kappa shape index (κ3) is 6.87. The van der Waals surface area contributed by atoms with E-state index in [0.29, 0.717) is 0 Å². The van der Waals surface area contributed by atoms with Gasteiger partial charge in [-0.3, -0.25) is 4.79 Å². The largest absolute Gasteiger partial charge is 1.00 e. The summed E-state index contributed by atoms with van der Waals surface area (Å²) in [5, 5.41) is 24.8. The third-order valence-corrected chi connectivity index (χ3v) is 2.54. The van der Waals surface area contributed by atoms with Crippen LogP contribution in [-0.2, 0) is 9.53 Å². The van der Waals surface area contributed by atoms with Crippen LogP contribution in [-0.4, -0.2) is 42.8 Å². The fourth-order valence-corrected chi connectivity index (χ4v) is 1.64. The van der Waals surface area contributed by atoms with Crippen LogP contribution in [0.4, 0.5) is 0 Å². The van der Waals surface area contributed by atoms with Crippen molar-refractivity contribution >= 4 is 5.91 Å². The molecule has 0 aromatic rings. The Hall–Kier alpha value is 1.31. The van der Waals surface area contributed by atoms with Crippen LogP contribution < -0.4 is 74.6 Å². The average molecular weight is 265 g/mol. The predicted molar refractivity (Wildman–Crippen MR) is 48.8 cm³/mol. The van der Waals surface area contributed by atoms with E-state index in [1.54, 1.807) is 6.92 Å². The Kier molecular flexibility index (Phi) is 15.4. The molecule has 0 bridgehead atoms. The molecule has 1 aliphatic heterocycles. The average Bonchev–Trinajstić information content (AvgIpc) is 2.13. The Labute approximate surface area is 145 Å². The van der Waals surface area contributed by atoms with Crippen molar-refractivity contribution < 1.29 is 84.3 Å². The minimum atomic E-state index is -0.952. The van der Waals surface area contributed by atoms with E-state index in [2.05, 4.69) is 5.32 Å². The molecule has 1 aliphatic rings. The standard InChI is InChI=1S/C9H15NO4.2Na.H2O/c1-5-8(3-11)14-4-7(9(5)13)10-6(2)12;;;/h5,7-9H,3-4H2,1-2H3,(H,10,12);;;1H2/q-2;2*+1;/t5-,7?,8?,9-;;;/m1.../s1. The second-order valence-corrected chi connectivity index (χ2v) is 3.67. The first kappa shape index (κ1) is 23.4. The molecule has 90 valence electrons. The topological polar surface area (TPSA) is 116 Å². The van der Waals surface area contributed by atoms with E-state index >= 15 is 0 Å². The molecule has 2 unspecified atom stereocenters. The van der Waals surface area contributed by atoms with Gasteiger partial charge in [0.2, 0.25) is 5.91 Å². The van der Waals surface area contributed by atoms with Gasteiger partial charge in [-0.05, 0) is 5.92 Å². The Morgan fingerprint density at radius 3 is 2.41 bits per heavy atom. The molecule has 0 aliphatic carbocycles. The van der Waals surface area contributed by atoms with Crippen LogP contribution in [0.3, 0.4) is 0 Å². The summed E-state index contributed by atoms with van der Waals surface area (Å²) in [6.45, 7) is 2.79.